The molecule has 1 amide bonds. The van der Waals surface area contributed by atoms with Crippen molar-refractivity contribution in [1.29, 1.82) is 0 Å². The van der Waals surface area contributed by atoms with E-state index in [1.54, 1.807) is 12.1 Å². The summed E-state index contributed by atoms with van der Waals surface area (Å²) in [5.41, 5.74) is 4.14. The van der Waals surface area contributed by atoms with Gasteiger partial charge < -0.3 is 10.2 Å². The van der Waals surface area contributed by atoms with E-state index in [4.69, 9.17) is 0 Å². The number of aromatic nitrogens is 1. The Hall–Kier alpha value is -3.30. The number of rotatable bonds is 6. The molecule has 0 spiro atoms. The lowest BCUT2D eigenvalue weighted by Gasteiger charge is -2.35. The van der Waals surface area contributed by atoms with Crippen LogP contribution in [0.1, 0.15) is 5.56 Å². The summed E-state index contributed by atoms with van der Waals surface area (Å²) in [5, 5.41) is 16.2. The predicted molar refractivity (Wildman–Crippen MR) is 123 cm³/mol. The maximum absolute atomic E-state index is 12.5. The van der Waals surface area contributed by atoms with Gasteiger partial charge in [-0.2, -0.15) is 0 Å². The van der Waals surface area contributed by atoms with Crippen LogP contribution in [0, 0.1) is 17.0 Å². The van der Waals surface area contributed by atoms with Crippen LogP contribution in [0.5, 0.6) is 0 Å². The summed E-state index contributed by atoms with van der Waals surface area (Å²) >= 11 is 1.42. The zero-order chi connectivity index (χ0) is 21.8. The topological polar surface area (TPSA) is 91.6 Å². The highest BCUT2D eigenvalue weighted by molar-refractivity contribution is 7.14. The van der Waals surface area contributed by atoms with Gasteiger partial charge in [0.05, 0.1) is 17.2 Å². The number of aryl methyl sites for hydroxylation is 1. The van der Waals surface area contributed by atoms with Crippen molar-refractivity contribution in [3.05, 3.63) is 69.6 Å². The van der Waals surface area contributed by atoms with Crippen molar-refractivity contribution in [2.75, 3.05) is 42.9 Å². The second kappa shape index (κ2) is 9.23. The van der Waals surface area contributed by atoms with Gasteiger partial charge in [0, 0.05) is 54.9 Å². The van der Waals surface area contributed by atoms with E-state index in [1.165, 1.54) is 29.0 Å². The Morgan fingerprint density at radius 2 is 1.77 bits per heavy atom. The molecule has 160 valence electrons. The minimum Gasteiger partial charge on any atom is -0.369 e. The SMILES string of the molecule is Cc1ccc(-c2csc(NC(=O)CN3CCN(c4ccc([N+](=O)[O-])cc4)CC3)n2)cc1. The van der Waals surface area contributed by atoms with Gasteiger partial charge in [-0.1, -0.05) is 29.8 Å². The number of nitrogens with zero attached hydrogens (tertiary/aromatic N) is 4. The molecule has 1 N–H and O–H groups in total. The van der Waals surface area contributed by atoms with Gasteiger partial charge in [0.1, 0.15) is 0 Å². The molecule has 9 heteroatoms. The zero-order valence-electron chi connectivity index (χ0n) is 17.2. The lowest BCUT2D eigenvalue weighted by molar-refractivity contribution is -0.384. The zero-order valence-corrected chi connectivity index (χ0v) is 18.0. The minimum atomic E-state index is -0.396. The molecule has 0 aliphatic carbocycles. The third-order valence-corrected chi connectivity index (χ3v) is 6.02. The van der Waals surface area contributed by atoms with Crippen molar-refractivity contribution in [3.63, 3.8) is 0 Å². The molecule has 1 saturated heterocycles. The maximum Gasteiger partial charge on any atom is 0.269 e. The minimum absolute atomic E-state index is 0.0754. The van der Waals surface area contributed by atoms with Crippen LogP contribution >= 0.6 is 11.3 Å². The Labute approximate surface area is 184 Å². The Morgan fingerprint density at radius 1 is 1.10 bits per heavy atom. The molecule has 0 bridgehead atoms. The summed E-state index contributed by atoms with van der Waals surface area (Å²) in [6, 6.07) is 14.7. The molecule has 31 heavy (non-hydrogen) atoms. The van der Waals surface area contributed by atoms with E-state index in [9.17, 15) is 14.9 Å². The molecule has 2 aromatic carbocycles. The number of carbonyl (C=O) groups excluding carboxylic acids is 1. The molecule has 1 aromatic heterocycles. The summed E-state index contributed by atoms with van der Waals surface area (Å²) in [6.45, 7) is 5.38. The van der Waals surface area contributed by atoms with E-state index in [-0.39, 0.29) is 11.6 Å². The van der Waals surface area contributed by atoms with E-state index >= 15 is 0 Å². The van der Waals surface area contributed by atoms with Crippen LogP contribution in [0.2, 0.25) is 0 Å². The highest BCUT2D eigenvalue weighted by Crippen LogP contribution is 2.25. The molecule has 0 radical (unpaired) electrons. The number of carbonyl (C=O) groups is 1. The van der Waals surface area contributed by atoms with Crippen molar-refractivity contribution in [2.45, 2.75) is 6.92 Å². The molecular formula is C22H23N5O3S. The van der Waals surface area contributed by atoms with Crippen molar-refractivity contribution in [3.8, 4) is 11.3 Å². The van der Waals surface area contributed by atoms with Gasteiger partial charge in [-0.25, -0.2) is 4.98 Å². The summed E-state index contributed by atoms with van der Waals surface area (Å²) in [5.74, 6) is -0.0754. The van der Waals surface area contributed by atoms with Gasteiger partial charge in [0.25, 0.3) is 5.69 Å². The molecule has 1 aliphatic heterocycles. The molecule has 0 atom stereocenters. The third-order valence-electron chi connectivity index (χ3n) is 5.26. The predicted octanol–water partition coefficient (Wildman–Crippen LogP) is 3.79. The van der Waals surface area contributed by atoms with Gasteiger partial charge in [-0.3, -0.25) is 19.8 Å². The lowest BCUT2D eigenvalue weighted by atomic mass is 10.1. The van der Waals surface area contributed by atoms with E-state index in [0.29, 0.717) is 11.7 Å². The first-order chi connectivity index (χ1) is 15.0. The number of benzene rings is 2. The van der Waals surface area contributed by atoms with Crippen LogP contribution in [0.25, 0.3) is 11.3 Å². The van der Waals surface area contributed by atoms with Crippen LogP contribution < -0.4 is 10.2 Å². The van der Waals surface area contributed by atoms with Crippen LogP contribution in [0.4, 0.5) is 16.5 Å². The molecule has 0 unspecified atom stereocenters. The first kappa shape index (κ1) is 21.0. The highest BCUT2D eigenvalue weighted by Gasteiger charge is 2.20. The normalized spacial score (nSPS) is 14.4. The number of hydrogen-bond acceptors (Lipinski definition) is 7. The Kier molecular flexibility index (Phi) is 6.24. The molecule has 1 aliphatic rings. The fraction of sp³-hybridized carbons (Fsp3) is 0.273. The van der Waals surface area contributed by atoms with Crippen LogP contribution in [-0.2, 0) is 4.79 Å². The van der Waals surface area contributed by atoms with Crippen LogP contribution in [-0.4, -0.2) is 53.4 Å². The molecule has 1 fully saturated rings. The highest BCUT2D eigenvalue weighted by atomic mass is 32.1. The van der Waals surface area contributed by atoms with Gasteiger partial charge in [0.2, 0.25) is 5.91 Å². The summed E-state index contributed by atoms with van der Waals surface area (Å²) in [6.07, 6.45) is 0. The van der Waals surface area contributed by atoms with Crippen molar-refractivity contribution < 1.29 is 9.72 Å². The number of non-ortho nitro benzene ring substituents is 1. The molecule has 8 nitrogen and oxygen atoms in total. The first-order valence-corrected chi connectivity index (χ1v) is 10.9. The third kappa shape index (κ3) is 5.25. The van der Waals surface area contributed by atoms with Crippen LogP contribution in [0.3, 0.4) is 0 Å². The summed E-state index contributed by atoms with van der Waals surface area (Å²) < 4.78 is 0. The number of amides is 1. The second-order valence-electron chi connectivity index (χ2n) is 7.49. The van der Waals surface area contributed by atoms with Crippen molar-refractivity contribution in [2.24, 2.45) is 0 Å². The molecular weight excluding hydrogens is 414 g/mol. The number of anilines is 2. The van der Waals surface area contributed by atoms with E-state index in [1.807, 2.05) is 36.6 Å². The van der Waals surface area contributed by atoms with Gasteiger partial charge in [-0.15, -0.1) is 11.3 Å². The fourth-order valence-corrected chi connectivity index (χ4v) is 4.24. The fourth-order valence-electron chi connectivity index (χ4n) is 3.50. The quantitative estimate of drug-likeness (QED) is 0.466. The van der Waals surface area contributed by atoms with Crippen molar-refractivity contribution >= 4 is 33.8 Å². The van der Waals surface area contributed by atoms with Gasteiger partial charge in [-0.05, 0) is 19.1 Å². The molecule has 2 heterocycles. The largest absolute Gasteiger partial charge is 0.369 e. The summed E-state index contributed by atoms with van der Waals surface area (Å²) in [7, 11) is 0. The standard InChI is InChI=1S/C22H23N5O3S/c1-16-2-4-17(5-3-16)20-15-31-22(23-20)24-21(28)14-25-10-12-26(13-11-25)18-6-8-19(9-7-18)27(29)30/h2-9,15H,10-14H2,1H3,(H,23,24,28). The molecule has 3 aromatic rings. The Morgan fingerprint density at radius 3 is 2.42 bits per heavy atom. The van der Waals surface area contributed by atoms with E-state index in [0.717, 1.165) is 43.1 Å². The first-order valence-electron chi connectivity index (χ1n) is 10.0. The monoisotopic (exact) mass is 437 g/mol. The lowest BCUT2D eigenvalue weighted by Crippen LogP contribution is -2.48. The number of nitro benzene ring substituents is 1. The average molecular weight is 438 g/mol. The maximum atomic E-state index is 12.5. The molecule has 4 rings (SSSR count). The Bertz CT molecular complexity index is 1060. The second-order valence-corrected chi connectivity index (χ2v) is 8.35. The molecule has 0 saturated carbocycles. The number of piperazine rings is 1. The van der Waals surface area contributed by atoms with E-state index < -0.39 is 4.92 Å². The average Bonchev–Trinajstić information content (AvgIpc) is 3.23. The smallest absolute Gasteiger partial charge is 0.269 e. The summed E-state index contributed by atoms with van der Waals surface area (Å²) in [4.78, 5) is 31.7. The number of nitrogens with one attached hydrogen (secondary N) is 1. The Balaban J connectivity index is 1.26. The number of hydrogen-bond donors (Lipinski definition) is 1. The number of thiazole rings is 1. The van der Waals surface area contributed by atoms with E-state index in [2.05, 4.69) is 20.1 Å². The van der Waals surface area contributed by atoms with Crippen molar-refractivity contribution in [1.82, 2.24) is 9.88 Å². The number of nitro groups is 1. The van der Waals surface area contributed by atoms with Gasteiger partial charge in [0.15, 0.2) is 5.13 Å². The van der Waals surface area contributed by atoms with Crippen LogP contribution in [0.15, 0.2) is 53.9 Å². The van der Waals surface area contributed by atoms with Gasteiger partial charge >= 0.3 is 0 Å².